The van der Waals surface area contributed by atoms with Gasteiger partial charge < -0.3 is 10.6 Å². The van der Waals surface area contributed by atoms with Gasteiger partial charge in [0, 0.05) is 29.8 Å². The highest BCUT2D eigenvalue weighted by molar-refractivity contribution is 5.61. The van der Waals surface area contributed by atoms with Crippen LogP contribution < -0.4 is 10.6 Å². The van der Waals surface area contributed by atoms with E-state index in [1.54, 1.807) is 12.1 Å². The lowest BCUT2D eigenvalue weighted by atomic mass is 10.2. The fourth-order valence-electron chi connectivity index (χ4n) is 2.45. The third kappa shape index (κ3) is 4.53. The van der Waals surface area contributed by atoms with E-state index in [2.05, 4.69) is 34.4 Å². The van der Waals surface area contributed by atoms with Crippen molar-refractivity contribution in [2.24, 2.45) is 0 Å². The van der Waals surface area contributed by atoms with Gasteiger partial charge in [-0.25, -0.2) is 14.4 Å². The van der Waals surface area contributed by atoms with Crippen LogP contribution in [0.5, 0.6) is 0 Å². The molecule has 0 saturated carbocycles. The maximum absolute atomic E-state index is 13.8. The molecule has 0 fully saturated rings. The Bertz CT molecular complexity index is 834. The maximum atomic E-state index is 13.8. The van der Waals surface area contributed by atoms with E-state index in [0.717, 1.165) is 11.4 Å². The van der Waals surface area contributed by atoms with Gasteiger partial charge in [0.05, 0.1) is 0 Å². The van der Waals surface area contributed by atoms with E-state index in [4.69, 9.17) is 0 Å². The van der Waals surface area contributed by atoms with Gasteiger partial charge in [-0.2, -0.15) is 0 Å². The van der Waals surface area contributed by atoms with Gasteiger partial charge in [-0.3, -0.25) is 0 Å². The highest BCUT2D eigenvalue weighted by Gasteiger charge is 2.08. The van der Waals surface area contributed by atoms with Crippen LogP contribution in [0.15, 0.2) is 60.7 Å². The van der Waals surface area contributed by atoms with Gasteiger partial charge in [-0.15, -0.1) is 0 Å². The van der Waals surface area contributed by atoms with Gasteiger partial charge in [-0.05, 0) is 19.9 Å². The number of halogens is 1. The fraction of sp³-hybridized carbons (Fsp3) is 0.200. The number of nitrogens with one attached hydrogen (secondary N) is 2. The Morgan fingerprint density at radius 1 is 0.920 bits per heavy atom. The van der Waals surface area contributed by atoms with Gasteiger partial charge in [0.25, 0.3) is 0 Å². The average molecular weight is 336 g/mol. The minimum Gasteiger partial charge on any atom is -0.368 e. The summed E-state index contributed by atoms with van der Waals surface area (Å²) in [5.74, 6) is 1.79. The lowest BCUT2D eigenvalue weighted by Gasteiger charge is -2.13. The zero-order valence-corrected chi connectivity index (χ0v) is 14.3. The van der Waals surface area contributed by atoms with E-state index in [9.17, 15) is 4.39 Å². The van der Waals surface area contributed by atoms with Gasteiger partial charge in [-0.1, -0.05) is 48.5 Å². The molecule has 0 aliphatic carbocycles. The van der Waals surface area contributed by atoms with E-state index >= 15 is 0 Å². The van der Waals surface area contributed by atoms with Crippen LogP contribution >= 0.6 is 0 Å². The van der Waals surface area contributed by atoms with Crippen molar-refractivity contribution >= 4 is 11.6 Å². The van der Waals surface area contributed by atoms with Crippen LogP contribution in [0.3, 0.4) is 0 Å². The molecule has 25 heavy (non-hydrogen) atoms. The number of aromatic nitrogens is 2. The highest BCUT2D eigenvalue weighted by Crippen LogP contribution is 2.21. The summed E-state index contributed by atoms with van der Waals surface area (Å²) < 4.78 is 13.8. The molecule has 0 aliphatic heterocycles. The van der Waals surface area contributed by atoms with Crippen molar-refractivity contribution in [2.75, 3.05) is 10.6 Å². The zero-order chi connectivity index (χ0) is 17.6. The normalized spacial score (nSPS) is 10.7. The first-order valence-corrected chi connectivity index (χ1v) is 8.30. The molecule has 2 N–H and O–H groups in total. The van der Waals surface area contributed by atoms with E-state index < -0.39 is 0 Å². The van der Waals surface area contributed by atoms with Crippen molar-refractivity contribution in [1.29, 1.82) is 0 Å². The molecule has 2 aromatic carbocycles. The molecule has 0 saturated heterocycles. The van der Waals surface area contributed by atoms with Gasteiger partial charge in [0.15, 0.2) is 5.82 Å². The number of hydrogen-bond donors (Lipinski definition) is 2. The molecule has 1 heterocycles. The molecule has 0 amide bonds. The summed E-state index contributed by atoms with van der Waals surface area (Å²) in [5.41, 5.74) is 1.53. The van der Waals surface area contributed by atoms with Gasteiger partial charge >= 0.3 is 0 Å². The first kappa shape index (κ1) is 16.9. The number of hydrogen-bond acceptors (Lipinski definition) is 4. The van der Waals surface area contributed by atoms with E-state index in [-0.39, 0.29) is 11.9 Å². The van der Waals surface area contributed by atoms with Crippen LogP contribution in [0.25, 0.3) is 11.4 Å². The summed E-state index contributed by atoms with van der Waals surface area (Å²) in [6.07, 6.45) is 0. The van der Waals surface area contributed by atoms with E-state index in [0.29, 0.717) is 23.8 Å². The zero-order valence-electron chi connectivity index (χ0n) is 14.3. The SMILES string of the molecule is CC(C)Nc1cc(NCc2ccccc2F)nc(-c2ccccc2)n1. The molecule has 3 aromatic rings. The van der Waals surface area contributed by atoms with Crippen molar-refractivity contribution in [3.05, 3.63) is 72.0 Å². The van der Waals surface area contributed by atoms with Crippen LogP contribution in [0, 0.1) is 5.82 Å². The van der Waals surface area contributed by atoms with Crippen molar-refractivity contribution in [1.82, 2.24) is 9.97 Å². The first-order chi connectivity index (χ1) is 12.1. The number of nitrogens with zero attached hydrogens (tertiary/aromatic N) is 2. The lowest BCUT2D eigenvalue weighted by Crippen LogP contribution is -2.13. The molecule has 128 valence electrons. The van der Waals surface area contributed by atoms with Crippen LogP contribution in [0.1, 0.15) is 19.4 Å². The lowest BCUT2D eigenvalue weighted by molar-refractivity contribution is 0.613. The van der Waals surface area contributed by atoms with Gasteiger partial charge in [0.1, 0.15) is 17.5 Å². The molecular formula is C20H21FN4. The second-order valence-corrected chi connectivity index (χ2v) is 6.07. The Morgan fingerprint density at radius 3 is 2.32 bits per heavy atom. The molecule has 0 aliphatic rings. The van der Waals surface area contributed by atoms with Crippen molar-refractivity contribution in [3.8, 4) is 11.4 Å². The quantitative estimate of drug-likeness (QED) is 0.684. The Hall–Kier alpha value is -2.95. The molecule has 0 atom stereocenters. The van der Waals surface area contributed by atoms with Crippen LogP contribution in [-0.2, 0) is 6.54 Å². The third-order valence-corrected chi connectivity index (χ3v) is 3.61. The molecule has 0 bridgehead atoms. The third-order valence-electron chi connectivity index (χ3n) is 3.61. The Morgan fingerprint density at radius 2 is 1.60 bits per heavy atom. The summed E-state index contributed by atoms with van der Waals surface area (Å²) in [6, 6.07) is 18.6. The predicted molar refractivity (Wildman–Crippen MR) is 100.0 cm³/mol. The molecule has 0 spiro atoms. The second-order valence-electron chi connectivity index (χ2n) is 6.07. The van der Waals surface area contributed by atoms with Crippen LogP contribution in [0.2, 0.25) is 0 Å². The largest absolute Gasteiger partial charge is 0.368 e. The molecule has 4 nitrogen and oxygen atoms in total. The molecule has 1 aromatic heterocycles. The number of rotatable bonds is 6. The first-order valence-electron chi connectivity index (χ1n) is 8.30. The average Bonchev–Trinajstić information content (AvgIpc) is 2.61. The Kier molecular flexibility index (Phi) is 5.23. The fourth-order valence-corrected chi connectivity index (χ4v) is 2.45. The van der Waals surface area contributed by atoms with Crippen molar-refractivity contribution in [2.45, 2.75) is 26.4 Å². The highest BCUT2D eigenvalue weighted by atomic mass is 19.1. The minimum atomic E-state index is -0.229. The Balaban J connectivity index is 1.88. The van der Waals surface area contributed by atoms with Crippen molar-refractivity contribution < 1.29 is 4.39 Å². The molecule has 0 unspecified atom stereocenters. The summed E-state index contributed by atoms with van der Waals surface area (Å²) in [5, 5.41) is 6.49. The standard InChI is InChI=1S/C20H21FN4/c1-14(2)23-19-12-18(22-13-16-10-6-7-11-17(16)21)24-20(25-19)15-8-4-3-5-9-15/h3-12,14H,13H2,1-2H3,(H2,22,23,24,25). The monoisotopic (exact) mass is 336 g/mol. The van der Waals surface area contributed by atoms with Gasteiger partial charge in [0.2, 0.25) is 0 Å². The smallest absolute Gasteiger partial charge is 0.163 e. The van der Waals surface area contributed by atoms with Crippen molar-refractivity contribution in [3.63, 3.8) is 0 Å². The maximum Gasteiger partial charge on any atom is 0.163 e. The van der Waals surface area contributed by atoms with E-state index in [1.165, 1.54) is 6.07 Å². The molecule has 3 rings (SSSR count). The summed E-state index contributed by atoms with van der Waals surface area (Å²) in [6.45, 7) is 4.46. The minimum absolute atomic E-state index is 0.229. The summed E-state index contributed by atoms with van der Waals surface area (Å²) in [4.78, 5) is 9.15. The summed E-state index contributed by atoms with van der Waals surface area (Å²) in [7, 11) is 0. The van der Waals surface area contributed by atoms with Crippen LogP contribution in [-0.4, -0.2) is 16.0 Å². The Labute approximate surface area is 147 Å². The topological polar surface area (TPSA) is 49.8 Å². The molecular weight excluding hydrogens is 315 g/mol. The number of benzene rings is 2. The molecule has 0 radical (unpaired) electrons. The second kappa shape index (κ2) is 7.75. The van der Waals surface area contributed by atoms with E-state index in [1.807, 2.05) is 42.5 Å². The summed E-state index contributed by atoms with van der Waals surface area (Å²) >= 11 is 0. The number of anilines is 2. The van der Waals surface area contributed by atoms with Crippen LogP contribution in [0.4, 0.5) is 16.0 Å². The predicted octanol–water partition coefficient (Wildman–Crippen LogP) is 4.72. The molecule has 5 heteroatoms.